The van der Waals surface area contributed by atoms with Crippen molar-refractivity contribution in [3.05, 3.63) is 81.1 Å². The van der Waals surface area contributed by atoms with Crippen LogP contribution in [0.1, 0.15) is 11.3 Å². The second kappa shape index (κ2) is 9.08. The van der Waals surface area contributed by atoms with Gasteiger partial charge in [-0.1, -0.05) is 54.3 Å². The van der Waals surface area contributed by atoms with Crippen molar-refractivity contribution >= 4 is 51.9 Å². The summed E-state index contributed by atoms with van der Waals surface area (Å²) in [5.74, 6) is -1.11. The average molecular weight is 482 g/mol. The van der Waals surface area contributed by atoms with Crippen molar-refractivity contribution < 1.29 is 19.4 Å². The van der Waals surface area contributed by atoms with Crippen molar-refractivity contribution in [2.75, 3.05) is 11.5 Å². The molecule has 0 bridgehead atoms. The zero-order chi connectivity index (χ0) is 23.7. The summed E-state index contributed by atoms with van der Waals surface area (Å²) in [6, 6.07) is 15.9. The maximum absolute atomic E-state index is 13.3. The van der Waals surface area contributed by atoms with E-state index in [1.165, 1.54) is 9.58 Å². The van der Waals surface area contributed by atoms with Crippen molar-refractivity contribution in [1.82, 2.24) is 9.36 Å². The van der Waals surface area contributed by atoms with Gasteiger partial charge in [0.15, 0.2) is 10.9 Å². The summed E-state index contributed by atoms with van der Waals surface area (Å²) in [6.45, 7) is 1.30. The van der Waals surface area contributed by atoms with Gasteiger partial charge in [-0.3, -0.25) is 19.2 Å². The second-order valence-electron chi connectivity index (χ2n) is 7.18. The minimum Gasteiger partial charge on any atom is -0.482 e. The Balaban J connectivity index is 1.69. The van der Waals surface area contributed by atoms with E-state index in [-0.39, 0.29) is 15.6 Å². The van der Waals surface area contributed by atoms with Crippen molar-refractivity contribution in [1.29, 1.82) is 0 Å². The molecule has 1 N–H and O–H groups in total. The lowest BCUT2D eigenvalue weighted by Gasteiger charge is -2.12. The molecule has 0 radical (unpaired) electrons. The summed E-state index contributed by atoms with van der Waals surface area (Å²) in [5, 5.41) is 8.78. The van der Waals surface area contributed by atoms with Gasteiger partial charge in [0.2, 0.25) is 0 Å². The number of ether oxygens (including phenoxy) is 1. The predicted molar refractivity (Wildman–Crippen MR) is 131 cm³/mol. The van der Waals surface area contributed by atoms with Gasteiger partial charge in [-0.2, -0.15) is 0 Å². The molecule has 0 spiro atoms. The Morgan fingerprint density at radius 3 is 2.58 bits per heavy atom. The topological polar surface area (TPSA) is 93.8 Å². The lowest BCUT2D eigenvalue weighted by atomic mass is 10.2. The number of carbonyl (C=O) groups excluding carboxylic acids is 1. The third-order valence-electron chi connectivity index (χ3n) is 5.06. The van der Waals surface area contributed by atoms with Crippen molar-refractivity contribution in [2.45, 2.75) is 6.92 Å². The summed E-state index contributed by atoms with van der Waals surface area (Å²) in [4.78, 5) is 38.9. The number of thiocarbonyl (C=S) groups is 1. The minimum absolute atomic E-state index is 0.214. The maximum Gasteiger partial charge on any atom is 0.341 e. The number of carboxylic acids is 1. The molecule has 1 aliphatic rings. The fourth-order valence-electron chi connectivity index (χ4n) is 3.46. The molecule has 0 unspecified atom stereocenters. The molecule has 2 aromatic carbocycles. The number of aromatic nitrogens is 2. The van der Waals surface area contributed by atoms with Crippen molar-refractivity contribution in [3.63, 3.8) is 0 Å². The molecule has 1 amide bonds. The largest absolute Gasteiger partial charge is 0.482 e. The van der Waals surface area contributed by atoms with Gasteiger partial charge in [0.05, 0.1) is 16.3 Å². The second-order valence-corrected chi connectivity index (χ2v) is 8.86. The number of hydrogen-bond donors (Lipinski definition) is 1. The lowest BCUT2D eigenvalue weighted by Crippen LogP contribution is -2.33. The molecule has 0 saturated carbocycles. The average Bonchev–Trinajstić information content (AvgIpc) is 3.18. The Kier molecular flexibility index (Phi) is 6.21. The van der Waals surface area contributed by atoms with Crippen LogP contribution in [-0.4, -0.2) is 37.3 Å². The minimum atomic E-state index is -1.08. The Bertz CT molecular complexity index is 1360. The van der Waals surface area contributed by atoms with Gasteiger partial charge in [0.1, 0.15) is 11.4 Å². The number of carbonyl (C=O) groups is 2. The fourth-order valence-corrected chi connectivity index (χ4v) is 4.73. The molecule has 10 heteroatoms. The van der Waals surface area contributed by atoms with Gasteiger partial charge in [-0.15, -0.1) is 0 Å². The number of nitrogens with zero attached hydrogens (tertiary/aromatic N) is 3. The van der Waals surface area contributed by atoms with E-state index in [2.05, 4.69) is 0 Å². The quantitative estimate of drug-likeness (QED) is 0.426. The molecule has 1 aromatic heterocycles. The van der Waals surface area contributed by atoms with Crippen molar-refractivity contribution in [2.24, 2.45) is 7.05 Å². The van der Waals surface area contributed by atoms with E-state index >= 15 is 0 Å². The molecule has 8 nitrogen and oxygen atoms in total. The third-order valence-corrected chi connectivity index (χ3v) is 6.36. The highest BCUT2D eigenvalue weighted by molar-refractivity contribution is 8.27. The van der Waals surface area contributed by atoms with Gasteiger partial charge in [-0.25, -0.2) is 9.48 Å². The van der Waals surface area contributed by atoms with E-state index in [9.17, 15) is 14.4 Å². The van der Waals surface area contributed by atoms with E-state index in [1.54, 1.807) is 49.0 Å². The molecular formula is C23H19N3O5S2. The zero-order valence-corrected chi connectivity index (χ0v) is 19.4. The first-order valence-electron chi connectivity index (χ1n) is 9.84. The van der Waals surface area contributed by atoms with Crippen LogP contribution in [0.5, 0.6) is 5.75 Å². The first kappa shape index (κ1) is 22.6. The number of para-hydroxylation sites is 1. The predicted octanol–water partition coefficient (Wildman–Crippen LogP) is 3.35. The van der Waals surface area contributed by atoms with Crippen molar-refractivity contribution in [3.8, 4) is 11.4 Å². The van der Waals surface area contributed by atoms with Gasteiger partial charge in [0, 0.05) is 7.05 Å². The van der Waals surface area contributed by atoms with Crippen LogP contribution < -0.4 is 15.2 Å². The molecule has 1 aliphatic heterocycles. The summed E-state index contributed by atoms with van der Waals surface area (Å²) in [5.41, 5.74) is 1.79. The Labute approximate surface area is 198 Å². The fraction of sp³-hybridized carbons (Fsp3) is 0.130. The number of carboxylic acid groups (broad SMARTS) is 1. The SMILES string of the molecule is Cc1c(N2C(=O)/C(=C\c3cccc(OCC(=O)O)c3)SC2=S)c(=O)n(-c2ccccc2)n1C. The summed E-state index contributed by atoms with van der Waals surface area (Å²) in [6.07, 6.45) is 1.64. The summed E-state index contributed by atoms with van der Waals surface area (Å²) >= 11 is 6.56. The smallest absolute Gasteiger partial charge is 0.341 e. The first-order valence-corrected chi connectivity index (χ1v) is 11.1. The third kappa shape index (κ3) is 4.35. The molecule has 0 atom stereocenters. The summed E-state index contributed by atoms with van der Waals surface area (Å²) in [7, 11) is 1.75. The van der Waals surface area contributed by atoms with Crippen LogP contribution in [0, 0.1) is 6.92 Å². The van der Waals surface area contributed by atoms with Crippen LogP contribution >= 0.6 is 24.0 Å². The number of thioether (sulfide) groups is 1. The van der Waals surface area contributed by atoms with Crippen LogP contribution in [0.15, 0.2) is 64.3 Å². The summed E-state index contributed by atoms with van der Waals surface area (Å²) < 4.78 is 8.65. The Morgan fingerprint density at radius 2 is 1.88 bits per heavy atom. The van der Waals surface area contributed by atoms with E-state index in [1.807, 2.05) is 30.3 Å². The standard InChI is InChI=1S/C23H19N3O5S2/c1-14-20(22(30)26(24(14)2)16-8-4-3-5-9-16)25-21(29)18(33-23(25)32)12-15-7-6-10-17(11-15)31-13-19(27)28/h3-12H,13H2,1-2H3,(H,27,28)/b18-12+. The van der Waals surface area contributed by atoms with Crippen LogP contribution in [0.4, 0.5) is 5.69 Å². The molecular weight excluding hydrogens is 462 g/mol. The molecule has 1 saturated heterocycles. The number of anilines is 1. The van der Waals surface area contributed by atoms with E-state index in [0.717, 1.165) is 11.8 Å². The lowest BCUT2D eigenvalue weighted by molar-refractivity contribution is -0.139. The van der Waals surface area contributed by atoms with Crippen LogP contribution in [0.25, 0.3) is 11.8 Å². The van der Waals surface area contributed by atoms with E-state index in [4.69, 9.17) is 22.1 Å². The maximum atomic E-state index is 13.3. The van der Waals surface area contributed by atoms with Gasteiger partial charge in [0.25, 0.3) is 11.5 Å². The van der Waals surface area contributed by atoms with E-state index in [0.29, 0.717) is 27.6 Å². The highest BCUT2D eigenvalue weighted by atomic mass is 32.2. The molecule has 0 aliphatic carbocycles. The number of aliphatic carboxylic acids is 1. The van der Waals surface area contributed by atoms with Gasteiger partial charge in [-0.05, 0) is 42.8 Å². The van der Waals surface area contributed by atoms with E-state index < -0.39 is 18.5 Å². The number of amides is 1. The molecule has 4 rings (SSSR count). The number of hydrogen-bond acceptors (Lipinski definition) is 6. The first-order chi connectivity index (χ1) is 15.8. The molecule has 2 heterocycles. The van der Waals surface area contributed by atoms with Gasteiger partial charge < -0.3 is 9.84 Å². The molecule has 3 aromatic rings. The van der Waals surface area contributed by atoms with Gasteiger partial charge >= 0.3 is 5.97 Å². The highest BCUT2D eigenvalue weighted by Gasteiger charge is 2.37. The Morgan fingerprint density at radius 1 is 1.15 bits per heavy atom. The zero-order valence-electron chi connectivity index (χ0n) is 17.7. The molecule has 168 valence electrons. The number of benzene rings is 2. The van der Waals surface area contributed by atoms with Crippen LogP contribution in [0.2, 0.25) is 0 Å². The highest BCUT2D eigenvalue weighted by Crippen LogP contribution is 2.36. The molecule has 33 heavy (non-hydrogen) atoms. The molecule has 1 fully saturated rings. The number of rotatable bonds is 6. The van der Waals surface area contributed by atoms with Crippen LogP contribution in [-0.2, 0) is 16.6 Å². The normalized spacial score (nSPS) is 14.8. The van der Waals surface area contributed by atoms with Crippen LogP contribution in [0.3, 0.4) is 0 Å². The monoisotopic (exact) mass is 481 g/mol. The Hall–Kier alpha value is -3.63.